The molecule has 0 unspecified atom stereocenters. The van der Waals surface area contributed by atoms with E-state index in [2.05, 4.69) is 13.8 Å². The second-order valence-electron chi connectivity index (χ2n) is 6.05. The first-order chi connectivity index (χ1) is 10.3. The summed E-state index contributed by atoms with van der Waals surface area (Å²) in [5.74, 6) is -1.19. The predicted molar refractivity (Wildman–Crippen MR) is 83.3 cm³/mol. The number of hydrogen-bond acceptors (Lipinski definition) is 3. The number of carboxylic acids is 2. The molecule has 2 N–H and O–H groups in total. The van der Waals surface area contributed by atoms with Crippen LogP contribution in [-0.2, 0) is 15.0 Å². The molecule has 0 aromatic heterocycles. The number of unbranched alkanes of at least 4 members (excludes halogenated alkanes) is 2. The van der Waals surface area contributed by atoms with Crippen molar-refractivity contribution in [3.8, 4) is 5.75 Å². The van der Waals surface area contributed by atoms with Gasteiger partial charge >= 0.3 is 11.9 Å². The van der Waals surface area contributed by atoms with Crippen molar-refractivity contribution in [3.63, 3.8) is 0 Å². The van der Waals surface area contributed by atoms with Crippen molar-refractivity contribution in [1.29, 1.82) is 0 Å². The van der Waals surface area contributed by atoms with E-state index in [9.17, 15) is 9.59 Å². The quantitative estimate of drug-likeness (QED) is 0.647. The van der Waals surface area contributed by atoms with Gasteiger partial charge < -0.3 is 14.9 Å². The van der Waals surface area contributed by atoms with Gasteiger partial charge in [-0.05, 0) is 36.0 Å². The van der Waals surface area contributed by atoms with E-state index in [0.29, 0.717) is 12.2 Å². The van der Waals surface area contributed by atoms with Crippen molar-refractivity contribution in [2.75, 3.05) is 6.61 Å². The van der Waals surface area contributed by atoms with E-state index in [4.69, 9.17) is 14.9 Å². The minimum Gasteiger partial charge on any atom is -0.482 e. The van der Waals surface area contributed by atoms with Gasteiger partial charge in [0, 0.05) is 6.42 Å². The van der Waals surface area contributed by atoms with Crippen molar-refractivity contribution in [2.24, 2.45) is 0 Å². The van der Waals surface area contributed by atoms with Crippen molar-refractivity contribution in [2.45, 2.75) is 51.4 Å². The van der Waals surface area contributed by atoms with E-state index in [1.807, 2.05) is 12.1 Å². The van der Waals surface area contributed by atoms with E-state index in [1.165, 1.54) is 0 Å². The highest BCUT2D eigenvalue weighted by Gasteiger charge is 2.20. The summed E-state index contributed by atoms with van der Waals surface area (Å²) >= 11 is 0. The molecule has 0 heterocycles. The van der Waals surface area contributed by atoms with E-state index in [1.54, 1.807) is 12.1 Å². The van der Waals surface area contributed by atoms with Crippen LogP contribution in [0.15, 0.2) is 24.3 Å². The number of ether oxygens (including phenoxy) is 1. The third-order valence-electron chi connectivity index (χ3n) is 3.69. The molecule has 0 radical (unpaired) electrons. The molecule has 0 fully saturated rings. The minimum atomic E-state index is -0.995. The van der Waals surface area contributed by atoms with Gasteiger partial charge in [0.2, 0.25) is 0 Å². The molecule has 0 saturated heterocycles. The minimum absolute atomic E-state index is 0.00541. The van der Waals surface area contributed by atoms with E-state index in [0.717, 1.165) is 24.8 Å². The van der Waals surface area contributed by atoms with Crippen LogP contribution in [-0.4, -0.2) is 28.8 Å². The maximum absolute atomic E-state index is 10.5. The summed E-state index contributed by atoms with van der Waals surface area (Å²) in [6.07, 6.45) is 3.82. The molecule has 5 nitrogen and oxygen atoms in total. The maximum atomic E-state index is 10.5. The second-order valence-corrected chi connectivity index (χ2v) is 6.05. The van der Waals surface area contributed by atoms with Crippen molar-refractivity contribution in [1.82, 2.24) is 0 Å². The molecule has 1 aromatic rings. The summed E-state index contributed by atoms with van der Waals surface area (Å²) in [7, 11) is 0. The zero-order chi connectivity index (χ0) is 16.6. The Bertz CT molecular complexity index is 490. The molecule has 1 aromatic carbocycles. The Labute approximate surface area is 130 Å². The number of carbonyl (C=O) groups is 2. The first-order valence-corrected chi connectivity index (χ1v) is 7.48. The fourth-order valence-corrected chi connectivity index (χ4v) is 2.31. The topological polar surface area (TPSA) is 83.8 Å². The summed E-state index contributed by atoms with van der Waals surface area (Å²) < 4.78 is 5.12. The molecular weight excluding hydrogens is 284 g/mol. The van der Waals surface area contributed by atoms with Crippen molar-refractivity contribution in [3.05, 3.63) is 29.8 Å². The third-order valence-corrected chi connectivity index (χ3v) is 3.69. The van der Waals surface area contributed by atoms with Gasteiger partial charge in [-0.2, -0.15) is 0 Å². The van der Waals surface area contributed by atoms with Crippen LogP contribution >= 0.6 is 0 Å². The summed E-state index contributed by atoms with van der Waals surface area (Å²) in [5.41, 5.74) is 1.16. The highest BCUT2D eigenvalue weighted by molar-refractivity contribution is 5.68. The fourth-order valence-electron chi connectivity index (χ4n) is 2.31. The van der Waals surface area contributed by atoms with Crippen molar-refractivity contribution >= 4 is 11.9 Å². The van der Waals surface area contributed by atoms with Gasteiger partial charge in [0.15, 0.2) is 6.61 Å². The Morgan fingerprint density at radius 2 is 1.64 bits per heavy atom. The van der Waals surface area contributed by atoms with Crippen LogP contribution in [0.1, 0.15) is 51.5 Å². The van der Waals surface area contributed by atoms with E-state index >= 15 is 0 Å². The van der Waals surface area contributed by atoms with Crippen LogP contribution in [0.4, 0.5) is 0 Å². The monoisotopic (exact) mass is 308 g/mol. The molecule has 0 atom stereocenters. The Morgan fingerprint density at radius 3 is 2.18 bits per heavy atom. The number of benzene rings is 1. The molecule has 1 rings (SSSR count). The maximum Gasteiger partial charge on any atom is 0.341 e. The van der Waals surface area contributed by atoms with Gasteiger partial charge in [-0.25, -0.2) is 4.79 Å². The highest BCUT2D eigenvalue weighted by Crippen LogP contribution is 2.30. The molecule has 122 valence electrons. The molecule has 0 spiro atoms. The van der Waals surface area contributed by atoms with Crippen LogP contribution < -0.4 is 4.74 Å². The van der Waals surface area contributed by atoms with E-state index < -0.39 is 11.9 Å². The molecule has 0 amide bonds. The first kappa shape index (κ1) is 18.0. The lowest BCUT2D eigenvalue weighted by molar-refractivity contribution is -0.139. The lowest BCUT2D eigenvalue weighted by Gasteiger charge is -2.25. The number of hydrogen-bond donors (Lipinski definition) is 2. The molecule has 0 bridgehead atoms. The molecular formula is C17H24O5. The van der Waals surface area contributed by atoms with Gasteiger partial charge in [0.25, 0.3) is 0 Å². The Kier molecular flexibility index (Phi) is 6.89. The Hall–Kier alpha value is -2.04. The van der Waals surface area contributed by atoms with E-state index in [-0.39, 0.29) is 18.4 Å². The Balaban J connectivity index is 2.46. The number of aliphatic carboxylic acids is 2. The first-order valence-electron chi connectivity index (χ1n) is 7.48. The average Bonchev–Trinajstić information content (AvgIpc) is 2.44. The highest BCUT2D eigenvalue weighted by atomic mass is 16.5. The number of rotatable bonds is 10. The van der Waals surface area contributed by atoms with Gasteiger partial charge in [0.05, 0.1) is 0 Å². The lowest BCUT2D eigenvalue weighted by Crippen LogP contribution is -2.17. The van der Waals surface area contributed by atoms with Gasteiger partial charge in [-0.15, -0.1) is 0 Å². The largest absolute Gasteiger partial charge is 0.482 e. The molecule has 5 heteroatoms. The van der Waals surface area contributed by atoms with Gasteiger partial charge in [-0.1, -0.05) is 38.8 Å². The second kappa shape index (κ2) is 8.41. The van der Waals surface area contributed by atoms with Crippen molar-refractivity contribution < 1.29 is 24.5 Å². The van der Waals surface area contributed by atoms with Crippen LogP contribution in [0.3, 0.4) is 0 Å². The van der Waals surface area contributed by atoms with Crippen LogP contribution in [0, 0.1) is 0 Å². The molecule has 0 aliphatic carbocycles. The molecule has 22 heavy (non-hydrogen) atoms. The Morgan fingerprint density at radius 1 is 1.00 bits per heavy atom. The summed E-state index contributed by atoms with van der Waals surface area (Å²) in [6.45, 7) is 3.96. The summed E-state index contributed by atoms with van der Waals surface area (Å²) in [5, 5.41) is 17.2. The third kappa shape index (κ3) is 6.61. The normalized spacial score (nSPS) is 11.2. The molecule has 0 aliphatic rings. The molecule has 0 saturated carbocycles. The lowest BCUT2D eigenvalue weighted by atomic mass is 9.80. The van der Waals surface area contributed by atoms with Gasteiger partial charge in [-0.3, -0.25) is 4.79 Å². The standard InChI is InChI=1S/C17H24O5/c1-17(2,11-5-3-4-6-15(18)19)13-7-9-14(10-8-13)22-12-16(20)21/h7-10H,3-6,11-12H2,1-2H3,(H,18,19)(H,20,21). The smallest absolute Gasteiger partial charge is 0.341 e. The zero-order valence-corrected chi connectivity index (χ0v) is 13.2. The molecule has 0 aliphatic heterocycles. The van der Waals surface area contributed by atoms with Crippen LogP contribution in [0.2, 0.25) is 0 Å². The average molecular weight is 308 g/mol. The van der Waals surface area contributed by atoms with Crippen LogP contribution in [0.5, 0.6) is 5.75 Å². The number of carboxylic acid groups (broad SMARTS) is 2. The SMILES string of the molecule is CC(C)(CCCCCC(=O)O)c1ccc(OCC(=O)O)cc1. The fraction of sp³-hybridized carbons (Fsp3) is 0.529. The van der Waals surface area contributed by atoms with Gasteiger partial charge in [0.1, 0.15) is 5.75 Å². The summed E-state index contributed by atoms with van der Waals surface area (Å²) in [6, 6.07) is 7.47. The van der Waals surface area contributed by atoms with Crippen LogP contribution in [0.25, 0.3) is 0 Å². The predicted octanol–water partition coefficient (Wildman–Crippen LogP) is 3.46. The summed E-state index contributed by atoms with van der Waals surface area (Å²) in [4.78, 5) is 20.9. The zero-order valence-electron chi connectivity index (χ0n) is 13.2.